The molecule has 0 radical (unpaired) electrons. The molecule has 0 bridgehead atoms. The summed E-state index contributed by atoms with van der Waals surface area (Å²) >= 11 is 0. The molecule has 1 aromatic rings. The van der Waals surface area contributed by atoms with Crippen molar-refractivity contribution < 1.29 is 4.79 Å². The lowest BCUT2D eigenvalue weighted by atomic mass is 10.0. The SMILES string of the molecule is O=C(NCCC1CCCC1)c1ccc2c(c1)CNC2. The molecule has 0 unspecified atom stereocenters. The van der Waals surface area contributed by atoms with Crippen molar-refractivity contribution in [3.8, 4) is 0 Å². The third-order valence-corrected chi connectivity index (χ3v) is 4.41. The Labute approximate surface area is 114 Å². The zero-order valence-corrected chi connectivity index (χ0v) is 11.4. The molecule has 0 spiro atoms. The second-order valence-corrected chi connectivity index (χ2v) is 5.78. The highest BCUT2D eigenvalue weighted by molar-refractivity contribution is 5.94. The first-order valence-corrected chi connectivity index (χ1v) is 7.43. The second kappa shape index (κ2) is 5.74. The van der Waals surface area contributed by atoms with Crippen LogP contribution in [0.3, 0.4) is 0 Å². The molecule has 1 saturated carbocycles. The quantitative estimate of drug-likeness (QED) is 0.871. The van der Waals surface area contributed by atoms with Gasteiger partial charge in [0.1, 0.15) is 0 Å². The van der Waals surface area contributed by atoms with Crippen molar-refractivity contribution >= 4 is 5.91 Å². The first-order chi connectivity index (χ1) is 9.33. The molecule has 0 aromatic heterocycles. The fourth-order valence-electron chi connectivity index (χ4n) is 3.23. The van der Waals surface area contributed by atoms with Crippen molar-refractivity contribution in [1.29, 1.82) is 0 Å². The van der Waals surface area contributed by atoms with Crippen molar-refractivity contribution in [2.24, 2.45) is 5.92 Å². The summed E-state index contributed by atoms with van der Waals surface area (Å²) in [5.41, 5.74) is 3.39. The zero-order valence-electron chi connectivity index (χ0n) is 11.4. The van der Waals surface area contributed by atoms with Gasteiger partial charge in [0.05, 0.1) is 0 Å². The van der Waals surface area contributed by atoms with Gasteiger partial charge in [0.15, 0.2) is 0 Å². The van der Waals surface area contributed by atoms with E-state index < -0.39 is 0 Å². The molecule has 19 heavy (non-hydrogen) atoms. The van der Waals surface area contributed by atoms with E-state index in [1.807, 2.05) is 12.1 Å². The van der Waals surface area contributed by atoms with Crippen LogP contribution in [0.1, 0.15) is 53.6 Å². The zero-order chi connectivity index (χ0) is 13.1. The van der Waals surface area contributed by atoms with E-state index in [-0.39, 0.29) is 5.91 Å². The van der Waals surface area contributed by atoms with Gasteiger partial charge in [-0.15, -0.1) is 0 Å². The van der Waals surface area contributed by atoms with Gasteiger partial charge in [-0.1, -0.05) is 31.7 Å². The van der Waals surface area contributed by atoms with Gasteiger partial charge in [-0.05, 0) is 35.6 Å². The highest BCUT2D eigenvalue weighted by atomic mass is 16.1. The van der Waals surface area contributed by atoms with Crippen molar-refractivity contribution in [3.63, 3.8) is 0 Å². The smallest absolute Gasteiger partial charge is 0.251 e. The molecule has 2 N–H and O–H groups in total. The Morgan fingerprint density at radius 3 is 2.84 bits per heavy atom. The van der Waals surface area contributed by atoms with Crippen LogP contribution in [-0.4, -0.2) is 12.5 Å². The van der Waals surface area contributed by atoms with Crippen LogP contribution >= 0.6 is 0 Å². The van der Waals surface area contributed by atoms with Crippen LogP contribution in [0.15, 0.2) is 18.2 Å². The summed E-state index contributed by atoms with van der Waals surface area (Å²) in [6.45, 7) is 2.64. The molecule has 3 nitrogen and oxygen atoms in total. The summed E-state index contributed by atoms with van der Waals surface area (Å²) in [6.07, 6.45) is 6.58. The Kier molecular flexibility index (Phi) is 3.83. The third kappa shape index (κ3) is 2.98. The summed E-state index contributed by atoms with van der Waals surface area (Å²) in [4.78, 5) is 12.1. The lowest BCUT2D eigenvalue weighted by Gasteiger charge is -2.10. The van der Waals surface area contributed by atoms with E-state index in [1.54, 1.807) is 0 Å². The highest BCUT2D eigenvalue weighted by Gasteiger charge is 2.16. The normalized spacial score (nSPS) is 18.5. The Balaban J connectivity index is 1.52. The molecule has 1 aliphatic carbocycles. The van der Waals surface area contributed by atoms with E-state index >= 15 is 0 Å². The minimum Gasteiger partial charge on any atom is -0.352 e. The number of fused-ring (bicyclic) bond motifs is 1. The maximum atomic E-state index is 12.1. The Morgan fingerprint density at radius 2 is 2.00 bits per heavy atom. The minimum atomic E-state index is 0.0766. The first kappa shape index (κ1) is 12.7. The van der Waals surface area contributed by atoms with Crippen molar-refractivity contribution in [1.82, 2.24) is 10.6 Å². The van der Waals surface area contributed by atoms with E-state index in [1.165, 1.54) is 36.8 Å². The Hall–Kier alpha value is -1.35. The van der Waals surface area contributed by atoms with Crippen molar-refractivity contribution in [3.05, 3.63) is 34.9 Å². The molecule has 3 heteroatoms. The van der Waals surface area contributed by atoms with Gasteiger partial charge in [0.25, 0.3) is 5.91 Å². The number of carbonyl (C=O) groups excluding carboxylic acids is 1. The monoisotopic (exact) mass is 258 g/mol. The van der Waals surface area contributed by atoms with Gasteiger partial charge in [0.2, 0.25) is 0 Å². The van der Waals surface area contributed by atoms with E-state index in [4.69, 9.17) is 0 Å². The van der Waals surface area contributed by atoms with E-state index in [0.717, 1.165) is 37.5 Å². The summed E-state index contributed by atoms with van der Waals surface area (Å²) < 4.78 is 0. The largest absolute Gasteiger partial charge is 0.352 e. The van der Waals surface area contributed by atoms with Crippen molar-refractivity contribution in [2.45, 2.75) is 45.2 Å². The summed E-state index contributed by atoms with van der Waals surface area (Å²) in [6, 6.07) is 6.04. The lowest BCUT2D eigenvalue weighted by molar-refractivity contribution is 0.0951. The van der Waals surface area contributed by atoms with E-state index in [9.17, 15) is 4.79 Å². The molecule has 102 valence electrons. The minimum absolute atomic E-state index is 0.0766. The van der Waals surface area contributed by atoms with Crippen LogP contribution < -0.4 is 10.6 Å². The number of rotatable bonds is 4. The van der Waals surface area contributed by atoms with Gasteiger partial charge in [0, 0.05) is 25.2 Å². The number of hydrogen-bond acceptors (Lipinski definition) is 2. The molecule has 1 fully saturated rings. The molecule has 0 saturated heterocycles. The van der Waals surface area contributed by atoms with Gasteiger partial charge < -0.3 is 10.6 Å². The topological polar surface area (TPSA) is 41.1 Å². The Morgan fingerprint density at radius 1 is 1.21 bits per heavy atom. The van der Waals surface area contributed by atoms with Gasteiger partial charge >= 0.3 is 0 Å². The molecule has 2 aliphatic rings. The molecule has 3 rings (SSSR count). The lowest BCUT2D eigenvalue weighted by Crippen LogP contribution is -2.25. The number of hydrogen-bond donors (Lipinski definition) is 2. The molecular formula is C16H22N2O. The predicted octanol–water partition coefficient (Wildman–Crippen LogP) is 2.60. The predicted molar refractivity (Wildman–Crippen MR) is 75.9 cm³/mol. The van der Waals surface area contributed by atoms with Crippen LogP contribution in [0.2, 0.25) is 0 Å². The van der Waals surface area contributed by atoms with Crippen LogP contribution in [0.25, 0.3) is 0 Å². The number of amides is 1. The standard InChI is InChI=1S/C16H22N2O/c19-16(18-8-7-12-3-1-2-4-12)13-5-6-14-10-17-11-15(14)9-13/h5-6,9,12,17H,1-4,7-8,10-11H2,(H,18,19). The fourth-order valence-corrected chi connectivity index (χ4v) is 3.23. The Bertz CT molecular complexity index is 464. The maximum Gasteiger partial charge on any atom is 0.251 e. The van der Waals surface area contributed by atoms with Crippen LogP contribution in [0.5, 0.6) is 0 Å². The van der Waals surface area contributed by atoms with Gasteiger partial charge in [-0.3, -0.25) is 4.79 Å². The average molecular weight is 258 g/mol. The second-order valence-electron chi connectivity index (χ2n) is 5.78. The highest BCUT2D eigenvalue weighted by Crippen LogP contribution is 2.26. The van der Waals surface area contributed by atoms with E-state index in [0.29, 0.717) is 0 Å². The van der Waals surface area contributed by atoms with Crippen LogP contribution in [0.4, 0.5) is 0 Å². The first-order valence-electron chi connectivity index (χ1n) is 7.43. The number of carbonyl (C=O) groups is 1. The van der Waals surface area contributed by atoms with Crippen LogP contribution in [0, 0.1) is 5.92 Å². The van der Waals surface area contributed by atoms with Crippen molar-refractivity contribution in [2.75, 3.05) is 6.54 Å². The fraction of sp³-hybridized carbons (Fsp3) is 0.562. The molecule has 1 aromatic carbocycles. The summed E-state index contributed by atoms with van der Waals surface area (Å²) in [7, 11) is 0. The average Bonchev–Trinajstić information content (AvgIpc) is 3.08. The molecule has 1 aliphatic heterocycles. The number of benzene rings is 1. The summed E-state index contributed by atoms with van der Waals surface area (Å²) in [5, 5.41) is 6.36. The molecule has 1 amide bonds. The van der Waals surface area contributed by atoms with Gasteiger partial charge in [-0.25, -0.2) is 0 Å². The third-order valence-electron chi connectivity index (χ3n) is 4.41. The number of nitrogens with one attached hydrogen (secondary N) is 2. The van der Waals surface area contributed by atoms with Crippen LogP contribution in [-0.2, 0) is 13.1 Å². The molecule has 0 atom stereocenters. The van der Waals surface area contributed by atoms with E-state index in [2.05, 4.69) is 16.7 Å². The van der Waals surface area contributed by atoms with Gasteiger partial charge in [-0.2, -0.15) is 0 Å². The maximum absolute atomic E-state index is 12.1. The summed E-state index contributed by atoms with van der Waals surface area (Å²) in [5.74, 6) is 0.914. The molecular weight excluding hydrogens is 236 g/mol. The molecule has 1 heterocycles.